The first-order chi connectivity index (χ1) is 13.8. The fourth-order valence-corrected chi connectivity index (χ4v) is 2.25. The van der Waals surface area contributed by atoms with Crippen LogP contribution in [0, 0.1) is 5.92 Å². The summed E-state index contributed by atoms with van der Waals surface area (Å²) in [5.41, 5.74) is 0.350. The van der Waals surface area contributed by atoms with Crippen molar-refractivity contribution in [3.63, 3.8) is 0 Å². The van der Waals surface area contributed by atoms with E-state index in [2.05, 4.69) is 20.4 Å². The van der Waals surface area contributed by atoms with Crippen molar-refractivity contribution in [2.75, 3.05) is 13.2 Å². The Bertz CT molecular complexity index is 472. The summed E-state index contributed by atoms with van der Waals surface area (Å²) in [6.45, 7) is 12.6. The highest BCUT2D eigenvalue weighted by molar-refractivity contribution is 5.91. The molecule has 168 valence electrons. The van der Waals surface area contributed by atoms with E-state index in [1.165, 1.54) is 12.8 Å². The van der Waals surface area contributed by atoms with Gasteiger partial charge in [0, 0.05) is 17.7 Å². The van der Waals surface area contributed by atoms with E-state index < -0.39 is 17.9 Å². The summed E-state index contributed by atoms with van der Waals surface area (Å²) in [6, 6.07) is 0. The molecule has 1 atom stereocenters. The Labute approximate surface area is 176 Å². The lowest BCUT2D eigenvalue weighted by Gasteiger charge is -2.13. The Morgan fingerprint density at radius 2 is 1.31 bits per heavy atom. The molecule has 0 fully saturated rings. The van der Waals surface area contributed by atoms with Crippen LogP contribution in [0.4, 0.5) is 0 Å². The molecule has 0 aliphatic heterocycles. The smallest absolute Gasteiger partial charge is 0.331 e. The summed E-state index contributed by atoms with van der Waals surface area (Å²) in [5.74, 6) is -1.35. The average Bonchev–Trinajstić information content (AvgIpc) is 2.70. The number of carboxylic acid groups (broad SMARTS) is 1. The Balaban J connectivity index is 0. The van der Waals surface area contributed by atoms with E-state index in [1.807, 2.05) is 13.8 Å². The number of unbranched alkanes of at least 4 members (excludes halogenated alkanes) is 3. The minimum atomic E-state index is -0.852. The van der Waals surface area contributed by atoms with Crippen molar-refractivity contribution < 1.29 is 29.0 Å². The minimum absolute atomic E-state index is 0.350. The van der Waals surface area contributed by atoms with Gasteiger partial charge in [0.1, 0.15) is 0 Å². The molecule has 0 aromatic heterocycles. The van der Waals surface area contributed by atoms with Gasteiger partial charge in [-0.15, -0.1) is 0 Å². The first kappa shape index (κ1) is 29.1. The van der Waals surface area contributed by atoms with Crippen LogP contribution in [0.25, 0.3) is 0 Å². The molecular formula is C23H40O6. The molecule has 0 aliphatic carbocycles. The maximum atomic E-state index is 11.0. The third-order valence-electron chi connectivity index (χ3n) is 4.22. The van der Waals surface area contributed by atoms with Gasteiger partial charge >= 0.3 is 17.9 Å². The standard InChI is InChI=1S/C12H20O4.C11H20O2/c1-3-5-9-15-11(13)7-8-12(14)16-10-6-4-2;1-4-6-7-10(5-2)8-9(3)11(12)13/h7-8H,3-6,9-10H2,1-2H3;10H,3-8H2,1-2H3,(H,12,13)/b8-7+;. The highest BCUT2D eigenvalue weighted by atomic mass is 16.5. The zero-order valence-electron chi connectivity index (χ0n) is 18.7. The number of rotatable bonds is 15. The molecule has 29 heavy (non-hydrogen) atoms. The third-order valence-corrected chi connectivity index (χ3v) is 4.22. The predicted molar refractivity (Wildman–Crippen MR) is 116 cm³/mol. The molecule has 6 heteroatoms. The lowest BCUT2D eigenvalue weighted by molar-refractivity contribution is -0.140. The van der Waals surface area contributed by atoms with Crippen LogP contribution in [0.1, 0.15) is 85.5 Å². The van der Waals surface area contributed by atoms with Gasteiger partial charge in [0.15, 0.2) is 0 Å². The van der Waals surface area contributed by atoms with Crippen LogP contribution in [0.15, 0.2) is 24.3 Å². The van der Waals surface area contributed by atoms with E-state index in [1.54, 1.807) is 0 Å². The van der Waals surface area contributed by atoms with Gasteiger partial charge in [-0.3, -0.25) is 0 Å². The maximum Gasteiger partial charge on any atom is 0.331 e. The van der Waals surface area contributed by atoms with Gasteiger partial charge in [-0.05, 0) is 25.2 Å². The average molecular weight is 413 g/mol. The van der Waals surface area contributed by atoms with Crippen molar-refractivity contribution in [2.24, 2.45) is 5.92 Å². The Hall–Kier alpha value is -2.11. The van der Waals surface area contributed by atoms with Gasteiger partial charge in [0.2, 0.25) is 0 Å². The number of hydrogen-bond donors (Lipinski definition) is 1. The molecule has 0 saturated carbocycles. The van der Waals surface area contributed by atoms with Gasteiger partial charge in [0.05, 0.1) is 13.2 Å². The summed E-state index contributed by atoms with van der Waals surface area (Å²) >= 11 is 0. The number of carboxylic acids is 1. The molecule has 0 bridgehead atoms. The van der Waals surface area contributed by atoms with Crippen molar-refractivity contribution in [1.82, 2.24) is 0 Å². The van der Waals surface area contributed by atoms with E-state index in [0.29, 0.717) is 31.1 Å². The van der Waals surface area contributed by atoms with Gasteiger partial charge in [-0.2, -0.15) is 0 Å². The molecule has 0 aromatic carbocycles. The third kappa shape index (κ3) is 20.4. The summed E-state index contributed by atoms with van der Waals surface area (Å²) in [5, 5.41) is 8.65. The van der Waals surface area contributed by atoms with E-state index >= 15 is 0 Å². The molecule has 0 spiro atoms. The summed E-state index contributed by atoms with van der Waals surface area (Å²) < 4.78 is 9.65. The molecule has 0 saturated heterocycles. The second kappa shape index (κ2) is 20.6. The largest absolute Gasteiger partial charge is 0.478 e. The number of ether oxygens (including phenoxy) is 2. The SMILES string of the molecule is C=C(CC(CC)CCCC)C(=O)O.CCCCOC(=O)/C=C/C(=O)OCCCC. The fourth-order valence-electron chi connectivity index (χ4n) is 2.25. The van der Waals surface area contributed by atoms with Crippen LogP contribution in [-0.4, -0.2) is 36.2 Å². The van der Waals surface area contributed by atoms with Crippen molar-refractivity contribution >= 4 is 17.9 Å². The molecule has 1 unspecified atom stereocenters. The van der Waals surface area contributed by atoms with E-state index in [-0.39, 0.29) is 0 Å². The molecular weight excluding hydrogens is 372 g/mol. The van der Waals surface area contributed by atoms with Crippen LogP contribution >= 0.6 is 0 Å². The van der Waals surface area contributed by atoms with E-state index in [4.69, 9.17) is 14.6 Å². The van der Waals surface area contributed by atoms with Crippen LogP contribution < -0.4 is 0 Å². The highest BCUT2D eigenvalue weighted by Gasteiger charge is 2.11. The van der Waals surface area contributed by atoms with Crippen LogP contribution in [0.5, 0.6) is 0 Å². The highest BCUT2D eigenvalue weighted by Crippen LogP contribution is 2.20. The lowest BCUT2D eigenvalue weighted by Crippen LogP contribution is -2.06. The summed E-state index contributed by atoms with van der Waals surface area (Å²) in [4.78, 5) is 32.6. The van der Waals surface area contributed by atoms with Gasteiger partial charge in [-0.1, -0.05) is 72.8 Å². The topological polar surface area (TPSA) is 89.9 Å². The lowest BCUT2D eigenvalue weighted by atomic mass is 9.92. The van der Waals surface area contributed by atoms with Crippen molar-refractivity contribution in [1.29, 1.82) is 0 Å². The molecule has 6 nitrogen and oxygen atoms in total. The minimum Gasteiger partial charge on any atom is -0.478 e. The zero-order chi connectivity index (χ0) is 22.5. The fraction of sp³-hybridized carbons (Fsp3) is 0.696. The Kier molecular flexibility index (Phi) is 20.7. The summed E-state index contributed by atoms with van der Waals surface area (Å²) in [7, 11) is 0. The normalized spacial score (nSPS) is 11.3. The van der Waals surface area contributed by atoms with Crippen molar-refractivity contribution in [3.8, 4) is 0 Å². The van der Waals surface area contributed by atoms with E-state index in [0.717, 1.165) is 50.7 Å². The summed E-state index contributed by atoms with van der Waals surface area (Å²) in [6.07, 6.45) is 11.0. The van der Waals surface area contributed by atoms with E-state index in [9.17, 15) is 14.4 Å². The number of carbonyl (C=O) groups excluding carboxylic acids is 2. The quantitative estimate of drug-likeness (QED) is 0.218. The van der Waals surface area contributed by atoms with Crippen molar-refractivity contribution in [3.05, 3.63) is 24.3 Å². The van der Waals surface area contributed by atoms with Gasteiger partial charge in [0.25, 0.3) is 0 Å². The molecule has 0 radical (unpaired) electrons. The Morgan fingerprint density at radius 1 is 0.862 bits per heavy atom. The number of esters is 2. The van der Waals surface area contributed by atoms with Crippen LogP contribution in [0.2, 0.25) is 0 Å². The molecule has 0 aromatic rings. The number of carbonyl (C=O) groups is 3. The first-order valence-corrected chi connectivity index (χ1v) is 10.7. The zero-order valence-corrected chi connectivity index (χ0v) is 18.7. The maximum absolute atomic E-state index is 11.0. The predicted octanol–water partition coefficient (Wildman–Crippen LogP) is 5.46. The van der Waals surface area contributed by atoms with Crippen LogP contribution in [-0.2, 0) is 23.9 Å². The molecule has 0 amide bonds. The number of hydrogen-bond acceptors (Lipinski definition) is 5. The van der Waals surface area contributed by atoms with Gasteiger partial charge in [-0.25, -0.2) is 14.4 Å². The molecule has 0 heterocycles. The second-order valence-electron chi connectivity index (χ2n) is 6.90. The Morgan fingerprint density at radius 3 is 1.66 bits per heavy atom. The monoisotopic (exact) mass is 412 g/mol. The number of aliphatic carboxylic acids is 1. The second-order valence-corrected chi connectivity index (χ2v) is 6.90. The van der Waals surface area contributed by atoms with Crippen molar-refractivity contribution in [2.45, 2.75) is 85.5 Å². The molecule has 0 rings (SSSR count). The molecule has 1 N–H and O–H groups in total. The van der Waals surface area contributed by atoms with Gasteiger partial charge < -0.3 is 14.6 Å². The molecule has 0 aliphatic rings. The van der Waals surface area contributed by atoms with Crippen LogP contribution in [0.3, 0.4) is 0 Å². The first-order valence-electron chi connectivity index (χ1n) is 10.7.